The van der Waals surface area contributed by atoms with Crippen LogP contribution in [0.25, 0.3) is 0 Å². The van der Waals surface area contributed by atoms with Crippen molar-refractivity contribution in [1.82, 2.24) is 14.9 Å². The molecule has 1 aliphatic rings. The van der Waals surface area contributed by atoms with E-state index in [-0.39, 0.29) is 24.0 Å². The van der Waals surface area contributed by atoms with Crippen molar-refractivity contribution in [1.29, 1.82) is 0 Å². The SMILES string of the molecule is C=CCOC(=O)N1C[C@@H](S)C[C@H]1CSc1nccc(C)n1. The van der Waals surface area contributed by atoms with Gasteiger partial charge in [0.15, 0.2) is 5.16 Å². The molecule has 0 bridgehead atoms. The lowest BCUT2D eigenvalue weighted by Gasteiger charge is -2.23. The number of likely N-dealkylation sites (tertiary alicyclic amines) is 1. The first-order valence-electron chi connectivity index (χ1n) is 6.75. The second kappa shape index (κ2) is 7.70. The molecule has 0 spiro atoms. The van der Waals surface area contributed by atoms with Gasteiger partial charge in [-0.25, -0.2) is 14.8 Å². The van der Waals surface area contributed by atoms with Gasteiger partial charge in [0, 0.05) is 35.5 Å². The lowest BCUT2D eigenvalue weighted by Crippen LogP contribution is -2.37. The van der Waals surface area contributed by atoms with E-state index in [2.05, 4.69) is 29.2 Å². The summed E-state index contributed by atoms with van der Waals surface area (Å²) >= 11 is 6.04. The molecule has 0 saturated carbocycles. The highest BCUT2D eigenvalue weighted by Gasteiger charge is 2.34. The molecule has 114 valence electrons. The second-order valence-electron chi connectivity index (χ2n) is 4.85. The number of rotatable bonds is 5. The van der Waals surface area contributed by atoms with E-state index >= 15 is 0 Å². The third-order valence-electron chi connectivity index (χ3n) is 3.13. The van der Waals surface area contributed by atoms with E-state index in [0.29, 0.717) is 6.54 Å². The zero-order valence-corrected chi connectivity index (χ0v) is 13.6. The minimum absolute atomic E-state index is 0.0962. The second-order valence-corrected chi connectivity index (χ2v) is 6.57. The number of aromatic nitrogens is 2. The van der Waals surface area contributed by atoms with Gasteiger partial charge in [0.05, 0.1) is 0 Å². The summed E-state index contributed by atoms with van der Waals surface area (Å²) in [6.07, 6.45) is 3.86. The third-order valence-corrected chi connectivity index (χ3v) is 4.51. The molecule has 1 fully saturated rings. The van der Waals surface area contributed by atoms with E-state index in [0.717, 1.165) is 23.0 Å². The summed E-state index contributed by atoms with van der Waals surface area (Å²) in [6, 6.07) is 1.96. The van der Waals surface area contributed by atoms with Crippen molar-refractivity contribution in [3.05, 3.63) is 30.6 Å². The summed E-state index contributed by atoms with van der Waals surface area (Å²) in [7, 11) is 0. The fourth-order valence-electron chi connectivity index (χ4n) is 2.15. The van der Waals surface area contributed by atoms with Crippen LogP contribution < -0.4 is 0 Å². The number of thioether (sulfide) groups is 1. The minimum atomic E-state index is -0.304. The fourth-order valence-corrected chi connectivity index (χ4v) is 3.57. The first kappa shape index (κ1) is 16.2. The van der Waals surface area contributed by atoms with Gasteiger partial charge < -0.3 is 9.64 Å². The highest BCUT2D eigenvalue weighted by atomic mass is 32.2. The summed E-state index contributed by atoms with van der Waals surface area (Å²) in [5, 5.41) is 0.919. The van der Waals surface area contributed by atoms with E-state index in [1.807, 2.05) is 13.0 Å². The molecular formula is C14H19N3O2S2. The predicted octanol–water partition coefficient (Wildman–Crippen LogP) is 2.57. The Morgan fingerprint density at radius 2 is 2.52 bits per heavy atom. The third kappa shape index (κ3) is 4.64. The van der Waals surface area contributed by atoms with E-state index in [4.69, 9.17) is 4.74 Å². The molecule has 0 N–H and O–H groups in total. The Balaban J connectivity index is 1.93. The molecule has 2 atom stereocenters. The molecule has 0 aromatic carbocycles. The van der Waals surface area contributed by atoms with Crippen molar-refractivity contribution in [2.75, 3.05) is 18.9 Å². The van der Waals surface area contributed by atoms with Gasteiger partial charge in [-0.3, -0.25) is 0 Å². The molecular weight excluding hydrogens is 306 g/mol. The average Bonchev–Trinajstić information content (AvgIpc) is 2.84. The van der Waals surface area contributed by atoms with Crippen LogP contribution in [0, 0.1) is 6.92 Å². The maximum absolute atomic E-state index is 12.0. The fraction of sp³-hybridized carbons (Fsp3) is 0.500. The Morgan fingerprint density at radius 3 is 3.24 bits per heavy atom. The number of nitrogens with zero attached hydrogens (tertiary/aromatic N) is 3. The van der Waals surface area contributed by atoms with Gasteiger partial charge in [-0.2, -0.15) is 12.6 Å². The summed E-state index contributed by atoms with van der Waals surface area (Å²) in [5.74, 6) is 0.740. The van der Waals surface area contributed by atoms with Crippen molar-refractivity contribution in [3.63, 3.8) is 0 Å². The number of hydrogen-bond acceptors (Lipinski definition) is 6. The predicted molar refractivity (Wildman–Crippen MR) is 86.9 cm³/mol. The highest BCUT2D eigenvalue weighted by Crippen LogP contribution is 2.27. The Hall–Kier alpha value is -1.21. The number of thiol groups is 1. The number of hydrogen-bond donors (Lipinski definition) is 1. The first-order chi connectivity index (χ1) is 10.1. The minimum Gasteiger partial charge on any atom is -0.445 e. The molecule has 0 radical (unpaired) electrons. The van der Waals surface area contributed by atoms with Gasteiger partial charge in [0.2, 0.25) is 0 Å². The standard InChI is InChI=1S/C14H19N3O2S2/c1-3-6-19-14(18)17-8-12(20)7-11(17)9-21-13-15-5-4-10(2)16-13/h3-5,11-12,20H,1,6-9H2,2H3/t11-,12-/m0/s1. The summed E-state index contributed by atoms with van der Waals surface area (Å²) < 4.78 is 5.12. The van der Waals surface area contributed by atoms with Crippen molar-refractivity contribution < 1.29 is 9.53 Å². The number of aryl methyl sites for hydroxylation is 1. The van der Waals surface area contributed by atoms with Crippen molar-refractivity contribution in [2.24, 2.45) is 0 Å². The van der Waals surface area contributed by atoms with Crippen molar-refractivity contribution in [2.45, 2.75) is 29.8 Å². The van der Waals surface area contributed by atoms with Crippen LogP contribution in [-0.2, 0) is 4.74 Å². The molecule has 1 amide bonds. The molecule has 1 aromatic heterocycles. The zero-order valence-electron chi connectivity index (χ0n) is 11.9. The van der Waals surface area contributed by atoms with Crippen LogP contribution in [0.1, 0.15) is 12.1 Å². The van der Waals surface area contributed by atoms with Crippen LogP contribution in [0.2, 0.25) is 0 Å². The summed E-state index contributed by atoms with van der Waals surface area (Å²) in [5.41, 5.74) is 0.938. The molecule has 2 heterocycles. The molecule has 1 aromatic rings. The zero-order chi connectivity index (χ0) is 15.2. The topological polar surface area (TPSA) is 55.3 Å². The molecule has 5 nitrogen and oxygen atoms in total. The normalized spacial score (nSPS) is 21.3. The Bertz CT molecular complexity index is 513. The highest BCUT2D eigenvalue weighted by molar-refractivity contribution is 7.99. The smallest absolute Gasteiger partial charge is 0.410 e. The van der Waals surface area contributed by atoms with Crippen LogP contribution in [0.3, 0.4) is 0 Å². The maximum Gasteiger partial charge on any atom is 0.410 e. The molecule has 0 unspecified atom stereocenters. The molecule has 2 rings (SSSR count). The van der Waals surface area contributed by atoms with Crippen LogP contribution in [0.15, 0.2) is 30.1 Å². The van der Waals surface area contributed by atoms with Crippen LogP contribution >= 0.6 is 24.4 Å². The van der Waals surface area contributed by atoms with E-state index in [1.165, 1.54) is 0 Å². The largest absolute Gasteiger partial charge is 0.445 e. The van der Waals surface area contributed by atoms with Gasteiger partial charge in [-0.05, 0) is 19.4 Å². The van der Waals surface area contributed by atoms with Gasteiger partial charge in [-0.15, -0.1) is 0 Å². The Kier molecular flexibility index (Phi) is 5.93. The molecule has 0 aliphatic carbocycles. The number of ether oxygens (including phenoxy) is 1. The molecule has 7 heteroatoms. The number of carbonyl (C=O) groups excluding carboxylic acids is 1. The van der Waals surface area contributed by atoms with E-state index in [1.54, 1.807) is 28.9 Å². The van der Waals surface area contributed by atoms with Gasteiger partial charge in [-0.1, -0.05) is 24.4 Å². The lowest BCUT2D eigenvalue weighted by atomic mass is 10.2. The Labute approximate surface area is 134 Å². The number of amides is 1. The average molecular weight is 325 g/mol. The van der Waals surface area contributed by atoms with E-state index in [9.17, 15) is 4.79 Å². The lowest BCUT2D eigenvalue weighted by molar-refractivity contribution is 0.111. The van der Waals surface area contributed by atoms with E-state index < -0.39 is 0 Å². The first-order valence-corrected chi connectivity index (χ1v) is 8.25. The maximum atomic E-state index is 12.0. The van der Waals surface area contributed by atoms with Crippen LogP contribution in [0.4, 0.5) is 4.79 Å². The Morgan fingerprint density at radius 1 is 1.71 bits per heavy atom. The van der Waals surface area contributed by atoms with Gasteiger partial charge in [0.25, 0.3) is 0 Å². The summed E-state index contributed by atoms with van der Waals surface area (Å²) in [4.78, 5) is 22.3. The number of carbonyl (C=O) groups is 1. The van der Waals surface area contributed by atoms with Gasteiger partial charge >= 0.3 is 6.09 Å². The molecule has 21 heavy (non-hydrogen) atoms. The van der Waals surface area contributed by atoms with Crippen LogP contribution in [-0.4, -0.2) is 51.2 Å². The quantitative estimate of drug-likeness (QED) is 0.390. The van der Waals surface area contributed by atoms with Gasteiger partial charge in [0.1, 0.15) is 6.61 Å². The van der Waals surface area contributed by atoms with Crippen LogP contribution in [0.5, 0.6) is 0 Å². The molecule has 1 aliphatic heterocycles. The van der Waals surface area contributed by atoms with Crippen molar-refractivity contribution in [3.8, 4) is 0 Å². The molecule has 1 saturated heterocycles. The monoisotopic (exact) mass is 325 g/mol. The summed E-state index contributed by atoms with van der Waals surface area (Å²) in [6.45, 7) is 6.32. The van der Waals surface area contributed by atoms with Crippen molar-refractivity contribution >= 4 is 30.5 Å².